The highest BCUT2D eigenvalue weighted by atomic mass is 15.2. The number of nitrogens with zero attached hydrogens (tertiary/aromatic N) is 2. The van der Waals surface area contributed by atoms with Crippen LogP contribution in [0.5, 0.6) is 0 Å². The fraction of sp³-hybridized carbons (Fsp3) is 0.467. The molecule has 1 saturated heterocycles. The second-order valence-corrected chi connectivity index (χ2v) is 5.35. The lowest BCUT2D eigenvalue weighted by Crippen LogP contribution is -2.43. The van der Waals surface area contributed by atoms with Gasteiger partial charge in [-0.05, 0) is 25.6 Å². The Labute approximate surface area is 108 Å². The summed E-state index contributed by atoms with van der Waals surface area (Å²) in [6.45, 7) is 7.97. The summed E-state index contributed by atoms with van der Waals surface area (Å²) in [6, 6.07) is 8.61. The standard InChI is InChI=1S/C15H21N3/c1-12-14(11-18-9-7-17(2)8-10-18)13-5-3-4-6-15(13)16-12/h3-6,16H,7-11H2,1-2H3. The van der Waals surface area contributed by atoms with Crippen molar-refractivity contribution in [3.05, 3.63) is 35.5 Å². The van der Waals surface area contributed by atoms with E-state index < -0.39 is 0 Å². The van der Waals surface area contributed by atoms with Crippen molar-refractivity contribution in [1.82, 2.24) is 14.8 Å². The summed E-state index contributed by atoms with van der Waals surface area (Å²) in [4.78, 5) is 8.45. The van der Waals surface area contributed by atoms with E-state index in [-0.39, 0.29) is 0 Å². The fourth-order valence-corrected chi connectivity index (χ4v) is 2.77. The molecule has 0 bridgehead atoms. The molecule has 0 unspecified atom stereocenters. The van der Waals surface area contributed by atoms with Crippen molar-refractivity contribution >= 4 is 10.9 Å². The maximum atomic E-state index is 3.49. The van der Waals surface area contributed by atoms with Gasteiger partial charge >= 0.3 is 0 Å². The van der Waals surface area contributed by atoms with Crippen LogP contribution < -0.4 is 0 Å². The molecule has 0 aliphatic carbocycles. The minimum atomic E-state index is 1.07. The molecule has 3 nitrogen and oxygen atoms in total. The molecule has 1 aliphatic heterocycles. The van der Waals surface area contributed by atoms with Crippen molar-refractivity contribution in [1.29, 1.82) is 0 Å². The molecule has 1 aliphatic rings. The zero-order chi connectivity index (χ0) is 12.5. The summed E-state index contributed by atoms with van der Waals surface area (Å²) in [7, 11) is 2.20. The van der Waals surface area contributed by atoms with E-state index >= 15 is 0 Å². The van der Waals surface area contributed by atoms with Crippen LogP contribution in [-0.2, 0) is 6.54 Å². The maximum Gasteiger partial charge on any atom is 0.0459 e. The van der Waals surface area contributed by atoms with E-state index in [9.17, 15) is 0 Å². The number of benzene rings is 1. The quantitative estimate of drug-likeness (QED) is 0.874. The van der Waals surface area contributed by atoms with E-state index in [0.717, 1.165) is 6.54 Å². The first-order chi connectivity index (χ1) is 8.74. The molecule has 0 amide bonds. The van der Waals surface area contributed by atoms with Gasteiger partial charge in [-0.25, -0.2) is 0 Å². The first-order valence-electron chi connectivity index (χ1n) is 6.71. The van der Waals surface area contributed by atoms with Crippen LogP contribution >= 0.6 is 0 Å². The maximum absolute atomic E-state index is 3.49. The molecule has 1 N–H and O–H groups in total. The van der Waals surface area contributed by atoms with Crippen LogP contribution in [0.15, 0.2) is 24.3 Å². The highest BCUT2D eigenvalue weighted by Crippen LogP contribution is 2.23. The molecule has 3 rings (SSSR count). The number of rotatable bonds is 2. The van der Waals surface area contributed by atoms with Gasteiger partial charge in [0.15, 0.2) is 0 Å². The summed E-state index contributed by atoms with van der Waals surface area (Å²) >= 11 is 0. The molecule has 0 spiro atoms. The van der Waals surface area contributed by atoms with E-state index in [0.29, 0.717) is 0 Å². The van der Waals surface area contributed by atoms with Crippen LogP contribution in [0.4, 0.5) is 0 Å². The van der Waals surface area contributed by atoms with Crippen LogP contribution in [0.25, 0.3) is 10.9 Å². The smallest absolute Gasteiger partial charge is 0.0459 e. The third-order valence-corrected chi connectivity index (χ3v) is 4.00. The van der Waals surface area contributed by atoms with Gasteiger partial charge in [-0.15, -0.1) is 0 Å². The van der Waals surface area contributed by atoms with Gasteiger partial charge < -0.3 is 9.88 Å². The first kappa shape index (κ1) is 11.8. The van der Waals surface area contributed by atoms with E-state index in [4.69, 9.17) is 0 Å². The lowest BCUT2D eigenvalue weighted by atomic mass is 10.1. The molecule has 2 heterocycles. The van der Waals surface area contributed by atoms with Gasteiger partial charge in [-0.2, -0.15) is 0 Å². The van der Waals surface area contributed by atoms with E-state index in [1.54, 1.807) is 0 Å². The Morgan fingerprint density at radius 3 is 2.61 bits per heavy atom. The molecule has 0 atom stereocenters. The Morgan fingerprint density at radius 1 is 1.11 bits per heavy atom. The molecule has 1 aromatic carbocycles. The number of para-hydroxylation sites is 1. The van der Waals surface area contributed by atoms with Gasteiger partial charge in [0.1, 0.15) is 0 Å². The molecule has 1 fully saturated rings. The Kier molecular flexibility index (Phi) is 3.10. The Balaban J connectivity index is 1.84. The predicted octanol–water partition coefficient (Wildman–Crippen LogP) is 2.22. The molecule has 2 aromatic rings. The minimum Gasteiger partial charge on any atom is -0.358 e. The topological polar surface area (TPSA) is 22.3 Å². The second-order valence-electron chi connectivity index (χ2n) is 5.35. The summed E-state index contributed by atoms with van der Waals surface area (Å²) < 4.78 is 0. The highest BCUT2D eigenvalue weighted by Gasteiger charge is 2.16. The number of H-pyrrole nitrogens is 1. The number of piperazine rings is 1. The average Bonchev–Trinajstić information content (AvgIpc) is 2.69. The van der Waals surface area contributed by atoms with Crippen molar-refractivity contribution in [3.8, 4) is 0 Å². The van der Waals surface area contributed by atoms with Crippen LogP contribution in [-0.4, -0.2) is 48.0 Å². The van der Waals surface area contributed by atoms with Gasteiger partial charge in [0.25, 0.3) is 0 Å². The lowest BCUT2D eigenvalue weighted by molar-refractivity contribution is 0.148. The molecule has 3 heteroatoms. The van der Waals surface area contributed by atoms with Crippen LogP contribution in [0, 0.1) is 6.92 Å². The minimum absolute atomic E-state index is 1.07. The first-order valence-corrected chi connectivity index (χ1v) is 6.71. The lowest BCUT2D eigenvalue weighted by Gasteiger charge is -2.32. The van der Waals surface area contributed by atoms with Crippen LogP contribution in [0.1, 0.15) is 11.3 Å². The predicted molar refractivity (Wildman–Crippen MR) is 75.8 cm³/mol. The van der Waals surface area contributed by atoms with Gasteiger partial charge in [-0.1, -0.05) is 18.2 Å². The molecular weight excluding hydrogens is 222 g/mol. The average molecular weight is 243 g/mol. The zero-order valence-corrected chi connectivity index (χ0v) is 11.2. The van der Waals surface area contributed by atoms with Gasteiger partial charge in [0.05, 0.1) is 0 Å². The number of hydrogen-bond acceptors (Lipinski definition) is 2. The highest BCUT2D eigenvalue weighted by molar-refractivity contribution is 5.84. The van der Waals surface area contributed by atoms with Crippen molar-refractivity contribution in [2.75, 3.05) is 33.2 Å². The second kappa shape index (κ2) is 4.75. The summed E-state index contributed by atoms with van der Waals surface area (Å²) in [6.07, 6.45) is 0. The number of aryl methyl sites for hydroxylation is 1. The monoisotopic (exact) mass is 243 g/mol. The Morgan fingerprint density at radius 2 is 1.83 bits per heavy atom. The number of aromatic amines is 1. The molecule has 0 saturated carbocycles. The van der Waals surface area contributed by atoms with Gasteiger partial charge in [0.2, 0.25) is 0 Å². The van der Waals surface area contributed by atoms with E-state index in [2.05, 4.69) is 53.0 Å². The van der Waals surface area contributed by atoms with Gasteiger partial charge in [0, 0.05) is 49.3 Å². The van der Waals surface area contributed by atoms with Crippen molar-refractivity contribution in [2.45, 2.75) is 13.5 Å². The zero-order valence-electron chi connectivity index (χ0n) is 11.2. The number of fused-ring (bicyclic) bond motifs is 1. The van der Waals surface area contributed by atoms with E-state index in [1.165, 1.54) is 48.3 Å². The van der Waals surface area contributed by atoms with E-state index in [1.807, 2.05) is 0 Å². The number of nitrogens with one attached hydrogen (secondary N) is 1. The van der Waals surface area contributed by atoms with Crippen molar-refractivity contribution in [2.24, 2.45) is 0 Å². The largest absolute Gasteiger partial charge is 0.358 e. The summed E-state index contributed by atoms with van der Waals surface area (Å²) in [5.41, 5.74) is 4.05. The van der Waals surface area contributed by atoms with Crippen LogP contribution in [0.3, 0.4) is 0 Å². The van der Waals surface area contributed by atoms with Crippen molar-refractivity contribution < 1.29 is 0 Å². The third kappa shape index (κ3) is 2.16. The van der Waals surface area contributed by atoms with Crippen molar-refractivity contribution in [3.63, 3.8) is 0 Å². The SMILES string of the molecule is Cc1[nH]c2ccccc2c1CN1CCN(C)CC1. The van der Waals surface area contributed by atoms with Gasteiger partial charge in [-0.3, -0.25) is 4.90 Å². The summed E-state index contributed by atoms with van der Waals surface area (Å²) in [5.74, 6) is 0. The molecular formula is C15H21N3. The Hall–Kier alpha value is -1.32. The molecule has 18 heavy (non-hydrogen) atoms. The normalized spacial score (nSPS) is 18.6. The molecule has 0 radical (unpaired) electrons. The molecule has 96 valence electrons. The third-order valence-electron chi connectivity index (χ3n) is 4.00. The summed E-state index contributed by atoms with van der Waals surface area (Å²) in [5, 5.41) is 1.38. The Bertz CT molecular complexity index is 536. The fourth-order valence-electron chi connectivity index (χ4n) is 2.77. The van der Waals surface area contributed by atoms with Crippen LogP contribution in [0.2, 0.25) is 0 Å². The number of likely N-dealkylation sites (N-methyl/N-ethyl adjacent to an activating group) is 1. The molecule has 1 aromatic heterocycles. The number of hydrogen-bond donors (Lipinski definition) is 1. The number of aromatic nitrogens is 1.